The van der Waals surface area contributed by atoms with E-state index >= 15 is 0 Å². The van der Waals surface area contributed by atoms with E-state index in [0.717, 1.165) is 25.7 Å². The lowest BCUT2D eigenvalue weighted by Gasteiger charge is -2.49. The molecule has 1 amide bonds. The van der Waals surface area contributed by atoms with Crippen LogP contribution in [0.4, 0.5) is 13.2 Å². The molecule has 0 aromatic carbocycles. The largest absolute Gasteiger partial charge is 0.460 e. The summed E-state index contributed by atoms with van der Waals surface area (Å²) in [6.07, 6.45) is -2.91. The third-order valence-electron chi connectivity index (χ3n) is 5.18. The van der Waals surface area contributed by atoms with Crippen molar-refractivity contribution in [2.24, 2.45) is 17.3 Å². The minimum atomic E-state index is -4.53. The number of carbonyl (C=O) groups is 2. The van der Waals surface area contributed by atoms with E-state index in [9.17, 15) is 22.8 Å². The number of esters is 1. The van der Waals surface area contributed by atoms with Gasteiger partial charge in [-0.15, -0.1) is 0 Å². The highest BCUT2D eigenvalue weighted by Crippen LogP contribution is 2.41. The maximum atomic E-state index is 12.7. The van der Waals surface area contributed by atoms with Gasteiger partial charge in [-0.3, -0.25) is 9.59 Å². The molecule has 2 bridgehead atoms. The van der Waals surface area contributed by atoms with Gasteiger partial charge < -0.3 is 9.64 Å². The smallest absolute Gasteiger partial charge is 0.397 e. The molecule has 0 aromatic rings. The minimum Gasteiger partial charge on any atom is -0.460 e. The number of carbonyl (C=O) groups excluding carboxylic acids is 2. The van der Waals surface area contributed by atoms with Gasteiger partial charge in [0.15, 0.2) is 0 Å². The number of piperidine rings is 1. The first-order chi connectivity index (χ1) is 11.4. The quantitative estimate of drug-likeness (QED) is 0.714. The molecule has 4 atom stereocenters. The molecular formula is C18H28F3NO3. The second-order valence-corrected chi connectivity index (χ2v) is 8.48. The lowest BCUT2D eigenvalue weighted by atomic mass is 9.72. The predicted octanol–water partition coefficient (Wildman–Crippen LogP) is 3.93. The van der Waals surface area contributed by atoms with E-state index in [1.165, 1.54) is 4.90 Å². The Bertz CT molecular complexity index is 513. The van der Waals surface area contributed by atoms with E-state index in [1.807, 2.05) is 0 Å². The van der Waals surface area contributed by atoms with E-state index in [0.29, 0.717) is 6.54 Å². The summed E-state index contributed by atoms with van der Waals surface area (Å²) in [5.74, 6) is -0.973. The molecule has 0 N–H and O–H groups in total. The van der Waals surface area contributed by atoms with E-state index in [1.54, 1.807) is 27.7 Å². The van der Waals surface area contributed by atoms with E-state index < -0.39 is 42.0 Å². The van der Waals surface area contributed by atoms with Gasteiger partial charge in [0.05, 0.1) is 11.5 Å². The predicted molar refractivity (Wildman–Crippen MR) is 86.6 cm³/mol. The van der Waals surface area contributed by atoms with Crippen LogP contribution >= 0.6 is 0 Å². The van der Waals surface area contributed by atoms with E-state index in [4.69, 9.17) is 4.74 Å². The van der Waals surface area contributed by atoms with Crippen molar-refractivity contribution in [3.05, 3.63) is 0 Å². The molecule has 1 saturated heterocycles. The van der Waals surface area contributed by atoms with Crippen molar-refractivity contribution >= 4 is 11.9 Å². The summed E-state index contributed by atoms with van der Waals surface area (Å²) in [7, 11) is 0. The molecule has 1 aliphatic carbocycles. The summed E-state index contributed by atoms with van der Waals surface area (Å²) in [5.41, 5.74) is -0.696. The molecule has 0 radical (unpaired) electrons. The van der Waals surface area contributed by atoms with Crippen LogP contribution in [0.25, 0.3) is 0 Å². The highest BCUT2D eigenvalue weighted by molar-refractivity contribution is 5.78. The first-order valence-electron chi connectivity index (χ1n) is 8.96. The van der Waals surface area contributed by atoms with Crippen molar-refractivity contribution in [1.29, 1.82) is 0 Å². The summed E-state index contributed by atoms with van der Waals surface area (Å²) < 4.78 is 43.7. The normalized spacial score (nSPS) is 28.4. The highest BCUT2D eigenvalue weighted by Gasteiger charge is 2.46. The van der Waals surface area contributed by atoms with Gasteiger partial charge in [-0.25, -0.2) is 0 Å². The van der Waals surface area contributed by atoms with Crippen LogP contribution in [0.15, 0.2) is 0 Å². The summed E-state index contributed by atoms with van der Waals surface area (Å²) in [6, 6.07) is -0.474. The number of rotatable bonds is 3. The molecule has 1 heterocycles. The molecule has 2 rings (SSSR count). The average Bonchev–Trinajstić information content (AvgIpc) is 2.43. The summed E-state index contributed by atoms with van der Waals surface area (Å²) in [5, 5.41) is 0. The van der Waals surface area contributed by atoms with Gasteiger partial charge >= 0.3 is 12.1 Å². The van der Waals surface area contributed by atoms with Crippen molar-refractivity contribution in [2.45, 2.75) is 78.1 Å². The number of nitrogens with zero attached hydrogens (tertiary/aromatic N) is 1. The maximum absolute atomic E-state index is 12.7. The third-order valence-corrected chi connectivity index (χ3v) is 5.18. The zero-order valence-corrected chi connectivity index (χ0v) is 15.4. The molecule has 1 saturated carbocycles. The Balaban J connectivity index is 2.19. The van der Waals surface area contributed by atoms with Gasteiger partial charge in [0.1, 0.15) is 12.5 Å². The number of ether oxygens (including phenoxy) is 1. The zero-order valence-electron chi connectivity index (χ0n) is 15.4. The fourth-order valence-corrected chi connectivity index (χ4v) is 4.06. The van der Waals surface area contributed by atoms with Crippen LogP contribution in [0.3, 0.4) is 0 Å². The fraction of sp³-hybridized carbons (Fsp3) is 0.889. The van der Waals surface area contributed by atoms with Crippen molar-refractivity contribution in [1.82, 2.24) is 4.90 Å². The van der Waals surface area contributed by atoms with Crippen LogP contribution in [0.2, 0.25) is 0 Å². The number of hydrogen-bond acceptors (Lipinski definition) is 3. The van der Waals surface area contributed by atoms with Gasteiger partial charge in [-0.2, -0.15) is 13.2 Å². The molecule has 2 aliphatic rings. The lowest BCUT2D eigenvalue weighted by molar-refractivity contribution is -0.178. The standard InChI is InChI=1S/C18H28F3NO3/c1-11(25-16(24)17(2,3)4)15-13-7-5-6-12(8-13)10-22(15)14(23)9-18(19,20)21/h11-13,15H,5-10H2,1-4H3. The SMILES string of the molecule is CC(OC(=O)C(C)(C)C)C1C2CCCC(C2)CN1C(=O)CC(F)(F)F. The van der Waals surface area contributed by atoms with Crippen LogP contribution in [-0.4, -0.2) is 41.6 Å². The van der Waals surface area contributed by atoms with Crippen molar-refractivity contribution in [3.63, 3.8) is 0 Å². The van der Waals surface area contributed by atoms with E-state index in [-0.39, 0.29) is 11.8 Å². The first-order valence-corrected chi connectivity index (χ1v) is 8.96. The number of halogens is 3. The molecule has 0 spiro atoms. The van der Waals surface area contributed by atoms with Crippen LogP contribution < -0.4 is 0 Å². The Labute approximate surface area is 147 Å². The van der Waals surface area contributed by atoms with E-state index in [2.05, 4.69) is 0 Å². The number of alkyl halides is 3. The monoisotopic (exact) mass is 363 g/mol. The molecule has 0 aromatic heterocycles. The van der Waals surface area contributed by atoms with Crippen LogP contribution in [-0.2, 0) is 14.3 Å². The summed E-state index contributed by atoms with van der Waals surface area (Å²) >= 11 is 0. The van der Waals surface area contributed by atoms with Crippen LogP contribution in [0.1, 0.15) is 59.8 Å². The summed E-state index contributed by atoms with van der Waals surface area (Å²) in [6.45, 7) is 7.20. The topological polar surface area (TPSA) is 46.6 Å². The van der Waals surface area contributed by atoms with Gasteiger partial charge in [-0.05, 0) is 58.8 Å². The highest BCUT2D eigenvalue weighted by atomic mass is 19.4. The van der Waals surface area contributed by atoms with Gasteiger partial charge in [0.25, 0.3) is 0 Å². The molecule has 144 valence electrons. The first kappa shape index (κ1) is 20.0. The molecule has 7 heteroatoms. The van der Waals surface area contributed by atoms with Crippen LogP contribution in [0.5, 0.6) is 0 Å². The molecule has 1 aliphatic heterocycles. The lowest BCUT2D eigenvalue weighted by Crippen LogP contribution is -2.58. The van der Waals surface area contributed by atoms with Crippen molar-refractivity contribution < 1.29 is 27.5 Å². The second kappa shape index (κ2) is 7.16. The third kappa shape index (κ3) is 5.11. The second-order valence-electron chi connectivity index (χ2n) is 8.48. The Kier molecular flexibility index (Phi) is 5.74. The maximum Gasteiger partial charge on any atom is 0.397 e. The van der Waals surface area contributed by atoms with Crippen molar-refractivity contribution in [3.8, 4) is 0 Å². The molecule has 4 nitrogen and oxygen atoms in total. The molecular weight excluding hydrogens is 335 g/mol. The minimum absolute atomic E-state index is 0.0902. The molecule has 2 fully saturated rings. The Morgan fingerprint density at radius 3 is 2.40 bits per heavy atom. The fourth-order valence-electron chi connectivity index (χ4n) is 4.06. The zero-order chi connectivity index (χ0) is 19.0. The number of fused-ring (bicyclic) bond motifs is 2. The van der Waals surface area contributed by atoms with Gasteiger partial charge in [0.2, 0.25) is 5.91 Å². The average molecular weight is 363 g/mol. The Hall–Kier alpha value is -1.27. The van der Waals surface area contributed by atoms with Gasteiger partial charge in [-0.1, -0.05) is 6.42 Å². The number of hydrogen-bond donors (Lipinski definition) is 0. The van der Waals surface area contributed by atoms with Crippen molar-refractivity contribution in [2.75, 3.05) is 6.54 Å². The number of amides is 1. The van der Waals surface area contributed by atoms with Crippen LogP contribution in [0, 0.1) is 17.3 Å². The molecule has 25 heavy (non-hydrogen) atoms. The summed E-state index contributed by atoms with van der Waals surface area (Å²) in [4.78, 5) is 25.8. The Morgan fingerprint density at radius 1 is 1.20 bits per heavy atom. The number of likely N-dealkylation sites (tertiary alicyclic amines) is 1. The molecule has 4 unspecified atom stereocenters. The Morgan fingerprint density at radius 2 is 1.84 bits per heavy atom. The van der Waals surface area contributed by atoms with Gasteiger partial charge in [0, 0.05) is 6.54 Å².